The van der Waals surface area contributed by atoms with Crippen LogP contribution in [0.3, 0.4) is 0 Å². The number of morpholine rings is 1. The smallest absolute Gasteiger partial charge is 0.200 e. The Hall–Kier alpha value is -2.90. The summed E-state index contributed by atoms with van der Waals surface area (Å²) in [5.41, 5.74) is 1.40. The number of pyridine rings is 1. The number of fused-ring (bicyclic) bond motifs is 1. The van der Waals surface area contributed by atoms with Crippen LogP contribution in [0.4, 0.5) is 4.39 Å². The standard InChI is InChI=1S/C27H33FN2O4/c1-3-16-34-24-11-10-23(28)25-26(24)30(13-5-4-12-29-14-17-33-18-15-29)19-22(27(25)31)20-6-8-21(32-2)9-7-20/h6-11,19H,3-5,12-18H2,1-2H3. The van der Waals surface area contributed by atoms with Crippen molar-refractivity contribution < 1.29 is 18.6 Å². The maximum absolute atomic E-state index is 15.1. The van der Waals surface area contributed by atoms with Gasteiger partial charge in [0.25, 0.3) is 0 Å². The highest BCUT2D eigenvalue weighted by Gasteiger charge is 2.18. The quantitative estimate of drug-likeness (QED) is 0.403. The summed E-state index contributed by atoms with van der Waals surface area (Å²) in [7, 11) is 1.60. The Morgan fingerprint density at radius 2 is 1.76 bits per heavy atom. The molecule has 0 unspecified atom stereocenters. The van der Waals surface area contributed by atoms with Crippen LogP contribution in [0.1, 0.15) is 26.2 Å². The topological polar surface area (TPSA) is 52.9 Å². The molecule has 0 N–H and O–H groups in total. The maximum Gasteiger partial charge on any atom is 0.200 e. The summed E-state index contributed by atoms with van der Waals surface area (Å²) in [5, 5.41) is 0.0788. The van der Waals surface area contributed by atoms with E-state index in [2.05, 4.69) is 4.90 Å². The van der Waals surface area contributed by atoms with E-state index in [-0.39, 0.29) is 10.8 Å². The van der Waals surface area contributed by atoms with Crippen molar-refractivity contribution in [2.75, 3.05) is 46.6 Å². The highest BCUT2D eigenvalue weighted by molar-refractivity contribution is 5.89. The van der Waals surface area contributed by atoms with Gasteiger partial charge in [-0.3, -0.25) is 9.69 Å². The molecule has 0 saturated carbocycles. The molecule has 1 saturated heterocycles. The van der Waals surface area contributed by atoms with E-state index >= 15 is 4.39 Å². The first-order chi connectivity index (χ1) is 16.6. The third-order valence-electron chi connectivity index (χ3n) is 6.22. The molecule has 0 bridgehead atoms. The molecule has 6 nitrogen and oxygen atoms in total. The minimum Gasteiger partial charge on any atom is -0.497 e. The van der Waals surface area contributed by atoms with E-state index in [9.17, 15) is 4.79 Å². The molecule has 1 aliphatic heterocycles. The van der Waals surface area contributed by atoms with E-state index in [4.69, 9.17) is 14.2 Å². The van der Waals surface area contributed by atoms with Gasteiger partial charge in [-0.15, -0.1) is 0 Å². The Kier molecular flexibility index (Phi) is 8.19. The van der Waals surface area contributed by atoms with Crippen LogP contribution in [0.2, 0.25) is 0 Å². The van der Waals surface area contributed by atoms with Gasteiger partial charge in [-0.1, -0.05) is 19.1 Å². The fraction of sp³-hybridized carbons (Fsp3) is 0.444. The molecular weight excluding hydrogens is 435 g/mol. The van der Waals surface area contributed by atoms with Crippen LogP contribution in [-0.4, -0.2) is 56.0 Å². The maximum atomic E-state index is 15.1. The predicted octanol–water partition coefficient (Wildman–Crippen LogP) is 4.72. The van der Waals surface area contributed by atoms with Crippen molar-refractivity contribution in [3.8, 4) is 22.6 Å². The van der Waals surface area contributed by atoms with Crippen molar-refractivity contribution in [3.63, 3.8) is 0 Å². The van der Waals surface area contributed by atoms with Crippen LogP contribution in [0.15, 0.2) is 47.4 Å². The van der Waals surface area contributed by atoms with Crippen molar-refractivity contribution in [2.45, 2.75) is 32.7 Å². The second-order valence-electron chi connectivity index (χ2n) is 8.57. The SMILES string of the molecule is CCCOc1ccc(F)c2c(=O)c(-c3ccc(OC)cc3)cn(CCCCN3CCOCC3)c12. The zero-order valence-corrected chi connectivity index (χ0v) is 20.0. The second kappa shape index (κ2) is 11.5. The van der Waals surface area contributed by atoms with Gasteiger partial charge in [0.15, 0.2) is 5.43 Å². The largest absolute Gasteiger partial charge is 0.497 e. The van der Waals surface area contributed by atoms with Gasteiger partial charge in [-0.25, -0.2) is 4.39 Å². The fourth-order valence-electron chi connectivity index (χ4n) is 4.39. The van der Waals surface area contributed by atoms with Gasteiger partial charge in [0.05, 0.1) is 37.8 Å². The van der Waals surface area contributed by atoms with E-state index < -0.39 is 5.82 Å². The van der Waals surface area contributed by atoms with Gasteiger partial charge >= 0.3 is 0 Å². The van der Waals surface area contributed by atoms with Crippen molar-refractivity contribution in [3.05, 3.63) is 58.6 Å². The molecule has 7 heteroatoms. The van der Waals surface area contributed by atoms with Gasteiger partial charge in [-0.05, 0) is 55.6 Å². The van der Waals surface area contributed by atoms with Crippen molar-refractivity contribution in [1.29, 1.82) is 0 Å². The predicted molar refractivity (Wildman–Crippen MR) is 132 cm³/mol. The molecule has 0 spiro atoms. The number of hydrogen-bond acceptors (Lipinski definition) is 5. The summed E-state index contributed by atoms with van der Waals surface area (Å²) in [6, 6.07) is 10.2. The first kappa shape index (κ1) is 24.2. The average Bonchev–Trinajstić information content (AvgIpc) is 2.88. The molecule has 1 aliphatic rings. The molecule has 182 valence electrons. The van der Waals surface area contributed by atoms with Gasteiger partial charge < -0.3 is 18.8 Å². The monoisotopic (exact) mass is 468 g/mol. The molecule has 0 aliphatic carbocycles. The molecule has 1 aromatic heterocycles. The van der Waals surface area contributed by atoms with Gasteiger partial charge in [-0.2, -0.15) is 0 Å². The van der Waals surface area contributed by atoms with Gasteiger partial charge in [0.2, 0.25) is 0 Å². The minimum absolute atomic E-state index is 0.0788. The molecule has 0 atom stereocenters. The van der Waals surface area contributed by atoms with E-state index in [0.717, 1.165) is 57.7 Å². The Morgan fingerprint density at radius 1 is 1.03 bits per heavy atom. The van der Waals surface area contributed by atoms with E-state index in [0.29, 0.717) is 35.7 Å². The molecule has 34 heavy (non-hydrogen) atoms. The highest BCUT2D eigenvalue weighted by Crippen LogP contribution is 2.30. The number of halogens is 1. The number of nitrogens with zero attached hydrogens (tertiary/aromatic N) is 2. The third-order valence-corrected chi connectivity index (χ3v) is 6.22. The van der Waals surface area contributed by atoms with Crippen molar-refractivity contribution in [2.24, 2.45) is 0 Å². The summed E-state index contributed by atoms with van der Waals surface area (Å²) in [6.07, 6.45) is 4.58. The van der Waals surface area contributed by atoms with Crippen molar-refractivity contribution in [1.82, 2.24) is 9.47 Å². The van der Waals surface area contributed by atoms with Crippen molar-refractivity contribution >= 4 is 10.9 Å². The van der Waals surface area contributed by atoms with Crippen LogP contribution < -0.4 is 14.9 Å². The molecule has 0 amide bonds. The number of ether oxygens (including phenoxy) is 3. The summed E-state index contributed by atoms with van der Waals surface area (Å²) in [6.45, 7) is 7.68. The number of aromatic nitrogens is 1. The Morgan fingerprint density at radius 3 is 2.47 bits per heavy atom. The molecular formula is C27H33FN2O4. The van der Waals surface area contributed by atoms with Crippen LogP contribution >= 0.6 is 0 Å². The molecule has 2 heterocycles. The lowest BCUT2D eigenvalue weighted by atomic mass is 10.0. The normalized spacial score (nSPS) is 14.4. The fourth-order valence-corrected chi connectivity index (χ4v) is 4.39. The number of hydrogen-bond donors (Lipinski definition) is 0. The third kappa shape index (κ3) is 5.42. The second-order valence-corrected chi connectivity index (χ2v) is 8.57. The van der Waals surface area contributed by atoms with E-state index in [1.54, 1.807) is 13.2 Å². The molecule has 2 aromatic carbocycles. The average molecular weight is 469 g/mol. The van der Waals surface area contributed by atoms with Crippen LogP contribution in [-0.2, 0) is 11.3 Å². The van der Waals surface area contributed by atoms with Crippen LogP contribution in [0, 0.1) is 5.82 Å². The lowest BCUT2D eigenvalue weighted by Crippen LogP contribution is -2.36. The minimum atomic E-state index is -0.527. The summed E-state index contributed by atoms with van der Waals surface area (Å²) in [4.78, 5) is 15.9. The van der Waals surface area contributed by atoms with Crippen LogP contribution in [0.5, 0.6) is 11.5 Å². The lowest BCUT2D eigenvalue weighted by molar-refractivity contribution is 0.0371. The first-order valence-corrected chi connectivity index (χ1v) is 12.1. The number of aryl methyl sites for hydroxylation is 1. The lowest BCUT2D eigenvalue weighted by Gasteiger charge is -2.26. The number of rotatable bonds is 10. The van der Waals surface area contributed by atoms with Gasteiger partial charge in [0.1, 0.15) is 17.3 Å². The summed E-state index contributed by atoms with van der Waals surface area (Å²) in [5.74, 6) is 0.723. The zero-order chi connectivity index (χ0) is 23.9. The van der Waals surface area contributed by atoms with Gasteiger partial charge in [0, 0.05) is 31.4 Å². The number of benzene rings is 2. The summed E-state index contributed by atoms with van der Waals surface area (Å²) >= 11 is 0. The first-order valence-electron chi connectivity index (χ1n) is 12.1. The van der Waals surface area contributed by atoms with E-state index in [1.165, 1.54) is 6.07 Å². The zero-order valence-electron chi connectivity index (χ0n) is 20.0. The van der Waals surface area contributed by atoms with E-state index in [1.807, 2.05) is 42.0 Å². The Bertz CT molecular complexity index is 1150. The molecule has 0 radical (unpaired) electrons. The Balaban J connectivity index is 1.70. The Labute approximate surface area is 199 Å². The van der Waals surface area contributed by atoms with Crippen LogP contribution in [0.25, 0.3) is 22.0 Å². The summed E-state index contributed by atoms with van der Waals surface area (Å²) < 4.78 is 33.7. The molecule has 4 rings (SSSR count). The molecule has 3 aromatic rings. The molecule has 1 fully saturated rings. The number of methoxy groups -OCH3 is 1. The highest BCUT2D eigenvalue weighted by atomic mass is 19.1. The number of unbranched alkanes of at least 4 members (excludes halogenated alkanes) is 1.